The van der Waals surface area contributed by atoms with Crippen LogP contribution in [0.4, 0.5) is 0 Å². The van der Waals surface area contributed by atoms with Crippen LogP contribution in [0.3, 0.4) is 0 Å². The zero-order valence-electron chi connectivity index (χ0n) is 10.2. The fraction of sp³-hybridized carbons (Fsp3) is 0.750. The summed E-state index contributed by atoms with van der Waals surface area (Å²) in [6.45, 7) is 7.89. The molecule has 2 heterocycles. The standard InChI is InChI=1S/C12H21N3O/c1-3-15-9-11(10(2)14-15)7-13-8-12-5-4-6-16-12/h9,12-13H,3-8H2,1-2H3. The molecule has 4 heteroatoms. The normalized spacial score (nSPS) is 20.5. The molecule has 0 radical (unpaired) electrons. The van der Waals surface area contributed by atoms with Gasteiger partial charge < -0.3 is 10.1 Å². The summed E-state index contributed by atoms with van der Waals surface area (Å²) in [7, 11) is 0. The third-order valence-corrected chi connectivity index (χ3v) is 3.08. The van der Waals surface area contributed by atoms with E-state index in [1.807, 2.05) is 4.68 Å². The van der Waals surface area contributed by atoms with Crippen molar-refractivity contribution in [1.29, 1.82) is 0 Å². The molecule has 0 amide bonds. The van der Waals surface area contributed by atoms with Crippen LogP contribution >= 0.6 is 0 Å². The van der Waals surface area contributed by atoms with Crippen molar-refractivity contribution >= 4 is 0 Å². The van der Waals surface area contributed by atoms with Gasteiger partial charge >= 0.3 is 0 Å². The third-order valence-electron chi connectivity index (χ3n) is 3.08. The fourth-order valence-corrected chi connectivity index (χ4v) is 2.07. The minimum Gasteiger partial charge on any atom is -0.377 e. The van der Waals surface area contributed by atoms with Gasteiger partial charge in [0.2, 0.25) is 0 Å². The average Bonchev–Trinajstić information content (AvgIpc) is 2.89. The van der Waals surface area contributed by atoms with E-state index in [4.69, 9.17) is 4.74 Å². The van der Waals surface area contributed by atoms with E-state index in [0.29, 0.717) is 6.10 Å². The molecule has 1 saturated heterocycles. The summed E-state index contributed by atoms with van der Waals surface area (Å²) in [6.07, 6.45) is 4.94. The molecule has 1 unspecified atom stereocenters. The molecule has 0 saturated carbocycles. The van der Waals surface area contributed by atoms with Crippen molar-refractivity contribution in [3.05, 3.63) is 17.5 Å². The maximum atomic E-state index is 5.56. The molecule has 4 nitrogen and oxygen atoms in total. The van der Waals surface area contributed by atoms with Crippen molar-refractivity contribution in [2.45, 2.75) is 45.9 Å². The first-order valence-electron chi connectivity index (χ1n) is 6.15. The van der Waals surface area contributed by atoms with E-state index in [9.17, 15) is 0 Å². The van der Waals surface area contributed by atoms with E-state index < -0.39 is 0 Å². The molecule has 1 aromatic rings. The molecular weight excluding hydrogens is 202 g/mol. The molecule has 90 valence electrons. The highest BCUT2D eigenvalue weighted by Crippen LogP contribution is 2.11. The Balaban J connectivity index is 1.77. The number of aromatic nitrogens is 2. The Morgan fingerprint density at radius 3 is 3.12 bits per heavy atom. The van der Waals surface area contributed by atoms with Crippen LogP contribution in [-0.4, -0.2) is 29.0 Å². The zero-order chi connectivity index (χ0) is 11.4. The van der Waals surface area contributed by atoms with E-state index in [1.54, 1.807) is 0 Å². The summed E-state index contributed by atoms with van der Waals surface area (Å²) in [4.78, 5) is 0. The minimum absolute atomic E-state index is 0.418. The lowest BCUT2D eigenvalue weighted by atomic mass is 10.2. The van der Waals surface area contributed by atoms with Crippen molar-refractivity contribution < 1.29 is 4.74 Å². The Kier molecular flexibility index (Phi) is 3.96. The summed E-state index contributed by atoms with van der Waals surface area (Å²) in [5.41, 5.74) is 2.42. The van der Waals surface area contributed by atoms with Gasteiger partial charge in [-0.3, -0.25) is 4.68 Å². The fourth-order valence-electron chi connectivity index (χ4n) is 2.07. The molecule has 1 aliphatic rings. The second kappa shape index (κ2) is 5.46. The molecule has 0 bridgehead atoms. The lowest BCUT2D eigenvalue weighted by molar-refractivity contribution is 0.110. The van der Waals surface area contributed by atoms with Crippen molar-refractivity contribution in [1.82, 2.24) is 15.1 Å². The molecule has 1 aliphatic heterocycles. The van der Waals surface area contributed by atoms with Crippen LogP contribution < -0.4 is 5.32 Å². The lowest BCUT2D eigenvalue weighted by Gasteiger charge is -2.09. The molecule has 16 heavy (non-hydrogen) atoms. The molecule has 1 fully saturated rings. The topological polar surface area (TPSA) is 39.1 Å². The Hall–Kier alpha value is -0.870. The van der Waals surface area contributed by atoms with Crippen molar-refractivity contribution in [2.24, 2.45) is 0 Å². The maximum absolute atomic E-state index is 5.56. The van der Waals surface area contributed by atoms with E-state index in [1.165, 1.54) is 18.4 Å². The van der Waals surface area contributed by atoms with Gasteiger partial charge in [-0.25, -0.2) is 0 Å². The summed E-state index contributed by atoms with van der Waals surface area (Å²) in [5.74, 6) is 0. The predicted octanol–water partition coefficient (Wildman–Crippen LogP) is 1.48. The molecule has 1 N–H and O–H groups in total. The number of rotatable bonds is 5. The first-order chi connectivity index (χ1) is 7.79. The van der Waals surface area contributed by atoms with Gasteiger partial charge in [0.25, 0.3) is 0 Å². The Bertz CT molecular complexity index is 329. The van der Waals surface area contributed by atoms with Crippen molar-refractivity contribution in [3.8, 4) is 0 Å². The number of nitrogens with one attached hydrogen (secondary N) is 1. The van der Waals surface area contributed by atoms with E-state index in [0.717, 1.165) is 31.9 Å². The van der Waals surface area contributed by atoms with Gasteiger partial charge in [0.15, 0.2) is 0 Å². The second-order valence-corrected chi connectivity index (χ2v) is 4.36. The van der Waals surface area contributed by atoms with Crippen LogP contribution in [0.5, 0.6) is 0 Å². The van der Waals surface area contributed by atoms with Crippen LogP contribution in [0.25, 0.3) is 0 Å². The van der Waals surface area contributed by atoms with Gasteiger partial charge in [0, 0.05) is 38.0 Å². The maximum Gasteiger partial charge on any atom is 0.0700 e. The molecule has 0 aromatic carbocycles. The SMILES string of the molecule is CCn1cc(CNCC2CCCO2)c(C)n1. The van der Waals surface area contributed by atoms with Gasteiger partial charge in [-0.05, 0) is 26.7 Å². The second-order valence-electron chi connectivity index (χ2n) is 4.36. The van der Waals surface area contributed by atoms with Gasteiger partial charge in [-0.1, -0.05) is 0 Å². The van der Waals surface area contributed by atoms with Crippen molar-refractivity contribution in [3.63, 3.8) is 0 Å². The highest BCUT2D eigenvalue weighted by atomic mass is 16.5. The number of ether oxygens (including phenoxy) is 1. The molecule has 1 atom stereocenters. The number of aryl methyl sites for hydroxylation is 2. The first kappa shape index (κ1) is 11.6. The van der Waals surface area contributed by atoms with Crippen molar-refractivity contribution in [2.75, 3.05) is 13.2 Å². The smallest absolute Gasteiger partial charge is 0.0700 e. The highest BCUT2D eigenvalue weighted by Gasteiger charge is 2.14. The minimum atomic E-state index is 0.418. The average molecular weight is 223 g/mol. The van der Waals surface area contributed by atoms with Gasteiger partial charge in [-0.15, -0.1) is 0 Å². The third kappa shape index (κ3) is 2.83. The summed E-state index contributed by atoms with van der Waals surface area (Å²) in [5, 5.41) is 7.87. The van der Waals surface area contributed by atoms with Gasteiger partial charge in [-0.2, -0.15) is 5.10 Å². The summed E-state index contributed by atoms with van der Waals surface area (Å²) in [6, 6.07) is 0. The molecule has 1 aromatic heterocycles. The van der Waals surface area contributed by atoms with Crippen LogP contribution in [-0.2, 0) is 17.8 Å². The lowest BCUT2D eigenvalue weighted by Crippen LogP contribution is -2.25. The summed E-state index contributed by atoms with van der Waals surface area (Å²) >= 11 is 0. The number of nitrogens with zero attached hydrogens (tertiary/aromatic N) is 2. The molecule has 0 spiro atoms. The van der Waals surface area contributed by atoms with Crippen LogP contribution in [0.2, 0.25) is 0 Å². The molecule has 2 rings (SSSR count). The van der Waals surface area contributed by atoms with Crippen LogP contribution in [0, 0.1) is 6.92 Å². The van der Waals surface area contributed by atoms with Crippen LogP contribution in [0.1, 0.15) is 31.0 Å². The monoisotopic (exact) mass is 223 g/mol. The van der Waals surface area contributed by atoms with E-state index in [2.05, 4.69) is 30.5 Å². The zero-order valence-corrected chi connectivity index (χ0v) is 10.2. The predicted molar refractivity (Wildman–Crippen MR) is 63.3 cm³/mol. The van der Waals surface area contributed by atoms with E-state index >= 15 is 0 Å². The highest BCUT2D eigenvalue weighted by molar-refractivity contribution is 5.14. The molecule has 0 aliphatic carbocycles. The first-order valence-corrected chi connectivity index (χ1v) is 6.15. The van der Waals surface area contributed by atoms with E-state index in [-0.39, 0.29) is 0 Å². The Labute approximate surface area is 97.0 Å². The Morgan fingerprint density at radius 2 is 2.50 bits per heavy atom. The molecular formula is C12H21N3O. The largest absolute Gasteiger partial charge is 0.377 e. The number of hydrogen-bond donors (Lipinski definition) is 1. The van der Waals surface area contributed by atoms with Crippen LogP contribution in [0.15, 0.2) is 6.20 Å². The summed E-state index contributed by atoms with van der Waals surface area (Å²) < 4.78 is 7.55. The Morgan fingerprint density at radius 1 is 1.62 bits per heavy atom. The van der Waals surface area contributed by atoms with Gasteiger partial charge in [0.05, 0.1) is 11.8 Å². The quantitative estimate of drug-likeness (QED) is 0.822. The van der Waals surface area contributed by atoms with Gasteiger partial charge in [0.1, 0.15) is 0 Å². The number of hydrogen-bond acceptors (Lipinski definition) is 3.